The molecule has 0 spiro atoms. The highest BCUT2D eigenvalue weighted by Crippen LogP contribution is 2.22. The summed E-state index contributed by atoms with van der Waals surface area (Å²) in [7, 11) is 1.35. The van der Waals surface area contributed by atoms with Gasteiger partial charge in [-0.15, -0.1) is 0 Å². The van der Waals surface area contributed by atoms with Crippen molar-refractivity contribution in [3.05, 3.63) is 41.5 Å². The van der Waals surface area contributed by atoms with Crippen LogP contribution in [-0.4, -0.2) is 28.0 Å². The van der Waals surface area contributed by atoms with Crippen molar-refractivity contribution in [1.29, 1.82) is 0 Å². The molecule has 0 unspecified atom stereocenters. The second kappa shape index (κ2) is 4.74. The normalized spacial score (nSPS) is 13.1. The third-order valence-electron chi connectivity index (χ3n) is 3.00. The molecule has 3 rings (SSSR count). The van der Waals surface area contributed by atoms with E-state index in [4.69, 9.17) is 4.74 Å². The first-order chi connectivity index (χ1) is 9.29. The van der Waals surface area contributed by atoms with E-state index < -0.39 is 5.97 Å². The first-order valence-corrected chi connectivity index (χ1v) is 5.89. The van der Waals surface area contributed by atoms with Gasteiger partial charge in [0.25, 0.3) is 0 Å². The number of methoxy groups -OCH3 is 1. The van der Waals surface area contributed by atoms with Crippen LogP contribution in [0.2, 0.25) is 0 Å². The van der Waals surface area contributed by atoms with Crippen LogP contribution < -0.4 is 5.32 Å². The van der Waals surface area contributed by atoms with Crippen molar-refractivity contribution in [2.24, 2.45) is 0 Å². The van der Waals surface area contributed by atoms with Gasteiger partial charge in [-0.3, -0.25) is 4.98 Å². The monoisotopic (exact) mass is 256 g/mol. The largest absolute Gasteiger partial charge is 0.464 e. The summed E-state index contributed by atoms with van der Waals surface area (Å²) in [6, 6.07) is 3.62. The Bertz CT molecular complexity index is 628. The number of ether oxygens (including phenoxy) is 1. The summed E-state index contributed by atoms with van der Waals surface area (Å²) in [5.74, 6) is 0.0860. The molecule has 2 aromatic rings. The first kappa shape index (κ1) is 11.7. The Morgan fingerprint density at radius 1 is 1.26 bits per heavy atom. The summed E-state index contributed by atoms with van der Waals surface area (Å²) >= 11 is 0. The smallest absolute Gasteiger partial charge is 0.357 e. The number of nitrogens with one attached hydrogen (secondary N) is 1. The molecule has 1 aliphatic rings. The summed E-state index contributed by atoms with van der Waals surface area (Å²) < 4.78 is 4.78. The molecule has 96 valence electrons. The lowest BCUT2D eigenvalue weighted by Crippen LogP contribution is -2.11. The minimum atomic E-state index is -0.433. The van der Waals surface area contributed by atoms with E-state index in [1.165, 1.54) is 7.11 Å². The van der Waals surface area contributed by atoms with Crippen LogP contribution in [0.15, 0.2) is 24.5 Å². The molecule has 0 aliphatic carbocycles. The molecule has 0 radical (unpaired) electrons. The minimum Gasteiger partial charge on any atom is -0.464 e. The van der Waals surface area contributed by atoms with Gasteiger partial charge < -0.3 is 10.1 Å². The third kappa shape index (κ3) is 2.06. The quantitative estimate of drug-likeness (QED) is 0.805. The maximum atomic E-state index is 11.8. The zero-order valence-electron chi connectivity index (χ0n) is 10.4. The Balaban J connectivity index is 2.15. The van der Waals surface area contributed by atoms with Crippen LogP contribution in [0.4, 0.5) is 0 Å². The molecule has 2 aromatic heterocycles. The van der Waals surface area contributed by atoms with Crippen molar-refractivity contribution in [2.75, 3.05) is 7.11 Å². The number of carbonyl (C=O) groups is 1. The zero-order valence-corrected chi connectivity index (χ0v) is 10.4. The van der Waals surface area contributed by atoms with Gasteiger partial charge in [-0.05, 0) is 12.1 Å². The second-order valence-corrected chi connectivity index (χ2v) is 4.15. The van der Waals surface area contributed by atoms with Gasteiger partial charge in [0.05, 0.1) is 12.8 Å². The Hall–Kier alpha value is -2.34. The van der Waals surface area contributed by atoms with Crippen LogP contribution in [0.1, 0.15) is 21.7 Å². The number of aromatic nitrogens is 3. The van der Waals surface area contributed by atoms with E-state index in [2.05, 4.69) is 20.3 Å². The molecule has 0 amide bonds. The zero-order chi connectivity index (χ0) is 13.2. The van der Waals surface area contributed by atoms with Gasteiger partial charge >= 0.3 is 5.97 Å². The van der Waals surface area contributed by atoms with Crippen LogP contribution in [0.3, 0.4) is 0 Å². The molecule has 0 aromatic carbocycles. The van der Waals surface area contributed by atoms with E-state index in [0.29, 0.717) is 24.6 Å². The Morgan fingerprint density at radius 2 is 2.05 bits per heavy atom. The number of carbonyl (C=O) groups excluding carboxylic acids is 1. The first-order valence-electron chi connectivity index (χ1n) is 5.89. The predicted octanol–water partition coefficient (Wildman–Crippen LogP) is 0.928. The van der Waals surface area contributed by atoms with Crippen LogP contribution in [0, 0.1) is 0 Å². The average molecular weight is 256 g/mol. The van der Waals surface area contributed by atoms with Crippen molar-refractivity contribution in [3.8, 4) is 11.4 Å². The highest BCUT2D eigenvalue weighted by molar-refractivity contribution is 5.89. The third-order valence-corrected chi connectivity index (χ3v) is 3.00. The van der Waals surface area contributed by atoms with E-state index in [1.807, 2.05) is 12.1 Å². The molecular weight excluding hydrogens is 244 g/mol. The lowest BCUT2D eigenvalue weighted by Gasteiger charge is -2.07. The molecule has 6 nitrogen and oxygen atoms in total. The Kier molecular flexibility index (Phi) is 2.92. The number of nitrogens with zero attached hydrogens (tertiary/aromatic N) is 3. The number of hydrogen-bond acceptors (Lipinski definition) is 6. The molecule has 19 heavy (non-hydrogen) atoms. The molecule has 3 heterocycles. The van der Waals surface area contributed by atoms with Crippen LogP contribution in [-0.2, 0) is 17.8 Å². The second-order valence-electron chi connectivity index (χ2n) is 4.15. The maximum absolute atomic E-state index is 11.8. The molecule has 0 atom stereocenters. The maximum Gasteiger partial charge on any atom is 0.357 e. The number of pyridine rings is 1. The summed E-state index contributed by atoms with van der Waals surface area (Å²) in [4.78, 5) is 24.6. The average Bonchev–Trinajstić information content (AvgIpc) is 2.94. The fourth-order valence-corrected chi connectivity index (χ4v) is 2.06. The summed E-state index contributed by atoms with van der Waals surface area (Å²) in [5.41, 5.74) is 2.84. The van der Waals surface area contributed by atoms with E-state index in [1.54, 1.807) is 12.4 Å². The topological polar surface area (TPSA) is 77.0 Å². The molecule has 0 saturated heterocycles. The van der Waals surface area contributed by atoms with Gasteiger partial charge in [-0.1, -0.05) is 0 Å². The standard InChI is InChI=1S/C13H12N4O2/c1-19-13(18)11-9-6-15-7-10(9)16-12(17-11)8-2-4-14-5-3-8/h2-5,15H,6-7H2,1H3. The fourth-order valence-electron chi connectivity index (χ4n) is 2.06. The number of hydrogen-bond donors (Lipinski definition) is 1. The van der Waals surface area contributed by atoms with E-state index in [-0.39, 0.29) is 0 Å². The van der Waals surface area contributed by atoms with Crippen molar-refractivity contribution in [1.82, 2.24) is 20.3 Å². The highest BCUT2D eigenvalue weighted by atomic mass is 16.5. The molecular formula is C13H12N4O2. The molecule has 1 N–H and O–H groups in total. The van der Waals surface area contributed by atoms with Crippen molar-refractivity contribution < 1.29 is 9.53 Å². The number of fused-ring (bicyclic) bond motifs is 1. The van der Waals surface area contributed by atoms with Crippen molar-refractivity contribution in [2.45, 2.75) is 13.1 Å². The lowest BCUT2D eigenvalue weighted by molar-refractivity contribution is 0.0592. The van der Waals surface area contributed by atoms with Gasteiger partial charge in [-0.2, -0.15) is 0 Å². The van der Waals surface area contributed by atoms with E-state index in [0.717, 1.165) is 16.8 Å². The highest BCUT2D eigenvalue weighted by Gasteiger charge is 2.24. The van der Waals surface area contributed by atoms with Gasteiger partial charge in [-0.25, -0.2) is 14.8 Å². The van der Waals surface area contributed by atoms with Gasteiger partial charge in [0.15, 0.2) is 11.5 Å². The Labute approximate surface area is 109 Å². The molecule has 0 saturated carbocycles. The summed E-state index contributed by atoms with van der Waals surface area (Å²) in [6.07, 6.45) is 3.34. The Morgan fingerprint density at radius 3 is 2.79 bits per heavy atom. The van der Waals surface area contributed by atoms with E-state index >= 15 is 0 Å². The van der Waals surface area contributed by atoms with Crippen molar-refractivity contribution in [3.63, 3.8) is 0 Å². The van der Waals surface area contributed by atoms with Crippen molar-refractivity contribution >= 4 is 5.97 Å². The lowest BCUT2D eigenvalue weighted by atomic mass is 10.1. The van der Waals surface area contributed by atoms with Crippen LogP contribution >= 0.6 is 0 Å². The number of rotatable bonds is 2. The SMILES string of the molecule is COC(=O)c1nc(-c2ccncc2)nc2c1CNC2. The fraction of sp³-hybridized carbons (Fsp3) is 0.231. The van der Waals surface area contributed by atoms with Gasteiger partial charge in [0.1, 0.15) is 0 Å². The van der Waals surface area contributed by atoms with E-state index in [9.17, 15) is 4.79 Å². The van der Waals surface area contributed by atoms with Gasteiger partial charge in [0.2, 0.25) is 0 Å². The molecule has 6 heteroatoms. The summed E-state index contributed by atoms with van der Waals surface area (Å²) in [5, 5.41) is 3.16. The van der Waals surface area contributed by atoms with Gasteiger partial charge in [0, 0.05) is 36.6 Å². The molecule has 1 aliphatic heterocycles. The van der Waals surface area contributed by atoms with Crippen LogP contribution in [0.25, 0.3) is 11.4 Å². The van der Waals surface area contributed by atoms with Crippen LogP contribution in [0.5, 0.6) is 0 Å². The minimum absolute atomic E-state index is 0.337. The molecule has 0 bridgehead atoms. The predicted molar refractivity (Wildman–Crippen MR) is 67.1 cm³/mol. The summed E-state index contributed by atoms with van der Waals surface area (Å²) in [6.45, 7) is 1.23. The number of esters is 1. The molecule has 0 fully saturated rings.